The summed E-state index contributed by atoms with van der Waals surface area (Å²) in [6.45, 7) is 1.05. The van der Waals surface area contributed by atoms with Crippen LogP contribution >= 0.6 is 11.6 Å². The van der Waals surface area contributed by atoms with Crippen molar-refractivity contribution in [2.24, 2.45) is 5.41 Å². The van der Waals surface area contributed by atoms with Crippen molar-refractivity contribution in [1.82, 2.24) is 9.78 Å². The smallest absolute Gasteiger partial charge is 0.157 e. The lowest BCUT2D eigenvalue weighted by Crippen LogP contribution is -2.34. The number of nitriles is 1. The molecule has 21 heavy (non-hydrogen) atoms. The number of aromatic nitrogens is 2. The molecule has 0 amide bonds. The molecule has 1 fully saturated rings. The highest BCUT2D eigenvalue weighted by Crippen LogP contribution is 2.40. The normalized spacial score (nSPS) is 16.0. The zero-order valence-corrected chi connectivity index (χ0v) is 12.4. The van der Waals surface area contributed by atoms with Gasteiger partial charge in [-0.2, -0.15) is 10.4 Å². The van der Waals surface area contributed by atoms with E-state index in [1.54, 1.807) is 10.9 Å². The Hall–Kier alpha value is -1.99. The zero-order chi connectivity index (χ0) is 14.7. The maximum atomic E-state index is 9.18. The molecule has 5 heteroatoms. The third kappa shape index (κ3) is 3.03. The van der Waals surface area contributed by atoms with Crippen molar-refractivity contribution >= 4 is 11.6 Å². The molecule has 0 atom stereocenters. The van der Waals surface area contributed by atoms with Gasteiger partial charge < -0.3 is 4.74 Å². The minimum Gasteiger partial charge on any atom is -0.489 e. The van der Waals surface area contributed by atoms with E-state index in [1.165, 1.54) is 0 Å². The van der Waals surface area contributed by atoms with Crippen molar-refractivity contribution in [2.75, 3.05) is 6.61 Å². The number of hydrogen-bond donors (Lipinski definition) is 0. The molecule has 2 aromatic rings. The summed E-state index contributed by atoms with van der Waals surface area (Å²) in [7, 11) is 0. The Bertz CT molecular complexity index is 670. The minimum absolute atomic E-state index is 0.287. The number of nitrogens with zero attached hydrogens (tertiary/aromatic N) is 3. The maximum Gasteiger partial charge on any atom is 0.157 e. The Balaban J connectivity index is 1.62. The molecule has 4 nitrogen and oxygen atoms in total. The quantitative estimate of drug-likeness (QED) is 0.847. The Morgan fingerprint density at radius 1 is 1.38 bits per heavy atom. The van der Waals surface area contributed by atoms with E-state index in [0.717, 1.165) is 29.8 Å². The summed E-state index contributed by atoms with van der Waals surface area (Å²) < 4.78 is 7.50. The molecule has 0 aliphatic heterocycles. The fraction of sp³-hybridized carbons (Fsp3) is 0.375. The third-order valence-corrected chi connectivity index (χ3v) is 4.33. The van der Waals surface area contributed by atoms with E-state index in [1.807, 2.05) is 30.5 Å². The van der Waals surface area contributed by atoms with Crippen LogP contribution in [0.3, 0.4) is 0 Å². The second-order valence-electron chi connectivity index (χ2n) is 5.50. The summed E-state index contributed by atoms with van der Waals surface area (Å²) in [5.74, 6) is 0.698. The molecule has 0 bridgehead atoms. The zero-order valence-electron chi connectivity index (χ0n) is 11.6. The van der Waals surface area contributed by atoms with Crippen molar-refractivity contribution in [2.45, 2.75) is 25.8 Å². The van der Waals surface area contributed by atoms with Crippen molar-refractivity contribution in [3.05, 3.63) is 47.2 Å². The Kier molecular flexibility index (Phi) is 3.85. The van der Waals surface area contributed by atoms with Crippen molar-refractivity contribution in [1.29, 1.82) is 5.26 Å². The molecule has 1 aliphatic carbocycles. The molecular formula is C16H16ClN3O. The van der Waals surface area contributed by atoms with Gasteiger partial charge in [-0.3, -0.25) is 4.68 Å². The van der Waals surface area contributed by atoms with Gasteiger partial charge in [0, 0.05) is 5.02 Å². The van der Waals surface area contributed by atoms with Crippen molar-refractivity contribution in [3.63, 3.8) is 0 Å². The van der Waals surface area contributed by atoms with Gasteiger partial charge in [-0.05, 0) is 24.5 Å². The molecule has 0 unspecified atom stereocenters. The van der Waals surface area contributed by atoms with E-state index in [0.29, 0.717) is 18.9 Å². The van der Waals surface area contributed by atoms with Crippen LogP contribution in [-0.2, 0) is 6.54 Å². The SMILES string of the molecule is N#CC1(COc2cnn(Cc3ccccc3Cl)c2)CCC1. The summed E-state index contributed by atoms with van der Waals surface area (Å²) in [5.41, 5.74) is 0.728. The summed E-state index contributed by atoms with van der Waals surface area (Å²) in [4.78, 5) is 0. The van der Waals surface area contributed by atoms with E-state index < -0.39 is 0 Å². The molecule has 0 saturated heterocycles. The maximum absolute atomic E-state index is 9.18. The molecule has 108 valence electrons. The second kappa shape index (κ2) is 5.79. The fourth-order valence-corrected chi connectivity index (χ4v) is 2.62. The van der Waals surface area contributed by atoms with Crippen LogP contribution in [0.2, 0.25) is 5.02 Å². The average molecular weight is 302 g/mol. The molecule has 1 heterocycles. The van der Waals surface area contributed by atoms with Gasteiger partial charge in [0.2, 0.25) is 0 Å². The first-order valence-corrected chi connectivity index (χ1v) is 7.38. The van der Waals surface area contributed by atoms with Crippen LogP contribution < -0.4 is 4.74 Å². The number of halogens is 1. The van der Waals surface area contributed by atoms with Crippen LogP contribution in [0.4, 0.5) is 0 Å². The van der Waals surface area contributed by atoms with Crippen LogP contribution in [0.5, 0.6) is 5.75 Å². The molecular weight excluding hydrogens is 286 g/mol. The molecule has 1 aliphatic rings. The van der Waals surface area contributed by atoms with Gasteiger partial charge >= 0.3 is 0 Å². The van der Waals surface area contributed by atoms with E-state index in [4.69, 9.17) is 16.3 Å². The Labute approximate surface area is 128 Å². The molecule has 0 spiro atoms. The van der Waals surface area contributed by atoms with E-state index in [9.17, 15) is 5.26 Å². The topological polar surface area (TPSA) is 50.8 Å². The summed E-state index contributed by atoms with van der Waals surface area (Å²) in [6.07, 6.45) is 6.49. The number of benzene rings is 1. The van der Waals surface area contributed by atoms with Gasteiger partial charge in [0.05, 0.1) is 30.4 Å². The fourth-order valence-electron chi connectivity index (χ4n) is 2.42. The highest BCUT2D eigenvalue weighted by Gasteiger charge is 2.38. The predicted octanol–water partition coefficient (Wildman–Crippen LogP) is 3.66. The predicted molar refractivity (Wildman–Crippen MR) is 80.2 cm³/mol. The summed E-state index contributed by atoms with van der Waals surface area (Å²) >= 11 is 6.14. The van der Waals surface area contributed by atoms with Crippen LogP contribution in [0.25, 0.3) is 0 Å². The van der Waals surface area contributed by atoms with Crippen molar-refractivity contribution < 1.29 is 4.74 Å². The van der Waals surface area contributed by atoms with Crippen LogP contribution in [0.15, 0.2) is 36.7 Å². The lowest BCUT2D eigenvalue weighted by Gasteiger charge is -2.34. The molecule has 0 N–H and O–H groups in total. The van der Waals surface area contributed by atoms with Gasteiger partial charge in [0.25, 0.3) is 0 Å². The monoisotopic (exact) mass is 301 g/mol. The molecule has 0 radical (unpaired) electrons. The van der Waals surface area contributed by atoms with Crippen LogP contribution in [0.1, 0.15) is 24.8 Å². The lowest BCUT2D eigenvalue weighted by atomic mass is 9.71. The standard InChI is InChI=1S/C16H16ClN3O/c17-15-5-2-1-4-13(15)9-20-10-14(8-19-20)21-12-16(11-18)6-3-7-16/h1-2,4-5,8,10H,3,6-7,9,12H2. The molecule has 1 saturated carbocycles. The first-order valence-electron chi connectivity index (χ1n) is 7.01. The largest absolute Gasteiger partial charge is 0.489 e. The summed E-state index contributed by atoms with van der Waals surface area (Å²) in [6, 6.07) is 10.1. The van der Waals surface area contributed by atoms with E-state index in [2.05, 4.69) is 11.2 Å². The average Bonchev–Trinajstić information content (AvgIpc) is 2.88. The first kappa shape index (κ1) is 14.0. The lowest BCUT2D eigenvalue weighted by molar-refractivity contribution is 0.115. The number of ether oxygens (including phenoxy) is 1. The highest BCUT2D eigenvalue weighted by molar-refractivity contribution is 6.31. The first-order chi connectivity index (χ1) is 10.2. The molecule has 1 aromatic carbocycles. The highest BCUT2D eigenvalue weighted by atomic mass is 35.5. The van der Waals surface area contributed by atoms with Crippen LogP contribution in [-0.4, -0.2) is 16.4 Å². The Morgan fingerprint density at radius 2 is 2.19 bits per heavy atom. The van der Waals surface area contributed by atoms with Gasteiger partial charge in [0.1, 0.15) is 6.61 Å². The minimum atomic E-state index is -0.287. The van der Waals surface area contributed by atoms with Gasteiger partial charge in [-0.15, -0.1) is 0 Å². The Morgan fingerprint density at radius 3 is 2.86 bits per heavy atom. The third-order valence-electron chi connectivity index (χ3n) is 3.96. The number of hydrogen-bond acceptors (Lipinski definition) is 3. The van der Waals surface area contributed by atoms with Crippen LogP contribution in [0, 0.1) is 16.7 Å². The van der Waals surface area contributed by atoms with Gasteiger partial charge in [-0.1, -0.05) is 36.2 Å². The number of rotatable bonds is 5. The molecule has 3 rings (SSSR count). The van der Waals surface area contributed by atoms with Gasteiger partial charge in [-0.25, -0.2) is 0 Å². The summed E-state index contributed by atoms with van der Waals surface area (Å²) in [5, 5.41) is 14.2. The van der Waals surface area contributed by atoms with Crippen molar-refractivity contribution in [3.8, 4) is 11.8 Å². The van der Waals surface area contributed by atoms with E-state index >= 15 is 0 Å². The molecule has 1 aromatic heterocycles. The second-order valence-corrected chi connectivity index (χ2v) is 5.91. The van der Waals surface area contributed by atoms with E-state index in [-0.39, 0.29) is 5.41 Å². The van der Waals surface area contributed by atoms with Gasteiger partial charge in [0.15, 0.2) is 5.75 Å².